The van der Waals surface area contributed by atoms with Crippen molar-refractivity contribution < 1.29 is 0 Å². The summed E-state index contributed by atoms with van der Waals surface area (Å²) in [7, 11) is 0. The van der Waals surface area contributed by atoms with Gasteiger partial charge in [-0.05, 0) is 34.3 Å². The van der Waals surface area contributed by atoms with E-state index >= 15 is 0 Å². The van der Waals surface area contributed by atoms with Crippen LogP contribution in [0.5, 0.6) is 0 Å². The predicted octanol–water partition coefficient (Wildman–Crippen LogP) is 5.47. The Morgan fingerprint density at radius 1 is 1.40 bits per heavy atom. The second-order valence-corrected chi connectivity index (χ2v) is 6.79. The number of rotatable bonds is 3. The topological polar surface area (TPSA) is 41.6 Å². The molecular formula is C13H12BrCl2N3S. The highest BCUT2D eigenvalue weighted by Gasteiger charge is 2.13. The van der Waals surface area contributed by atoms with Crippen molar-refractivity contribution in [2.75, 3.05) is 0 Å². The smallest absolute Gasteiger partial charge is 0.159 e. The predicted molar refractivity (Wildman–Crippen MR) is 88.9 cm³/mol. The van der Waals surface area contributed by atoms with Crippen LogP contribution in [0.1, 0.15) is 19.5 Å². The highest BCUT2D eigenvalue weighted by molar-refractivity contribution is 9.10. The third-order valence-electron chi connectivity index (χ3n) is 2.58. The minimum Gasteiger partial charge on any atom is -0.341 e. The number of nitrogens with zero attached hydrogens (tertiary/aromatic N) is 2. The van der Waals surface area contributed by atoms with Gasteiger partial charge in [0.1, 0.15) is 10.3 Å². The van der Waals surface area contributed by atoms with Crippen LogP contribution in [-0.4, -0.2) is 15.0 Å². The van der Waals surface area contributed by atoms with Gasteiger partial charge in [-0.2, -0.15) is 0 Å². The molecule has 20 heavy (non-hydrogen) atoms. The maximum atomic E-state index is 6.16. The van der Waals surface area contributed by atoms with Crippen LogP contribution in [0.15, 0.2) is 16.7 Å². The van der Waals surface area contributed by atoms with Crippen molar-refractivity contribution in [2.24, 2.45) is 5.92 Å². The lowest BCUT2D eigenvalue weighted by Gasteiger charge is -2.11. The minimum absolute atomic E-state index is 0.438. The summed E-state index contributed by atoms with van der Waals surface area (Å²) in [6.45, 7) is 4.27. The zero-order chi connectivity index (χ0) is 14.9. The number of aromatic amines is 1. The second-order valence-electron chi connectivity index (χ2n) is 4.77. The van der Waals surface area contributed by atoms with E-state index in [2.05, 4.69) is 44.7 Å². The van der Waals surface area contributed by atoms with Gasteiger partial charge in [0.25, 0.3) is 0 Å². The second kappa shape index (κ2) is 6.52. The van der Waals surface area contributed by atoms with E-state index in [4.69, 9.17) is 35.4 Å². The summed E-state index contributed by atoms with van der Waals surface area (Å²) in [5, 5.41) is 0.922. The van der Waals surface area contributed by atoms with Gasteiger partial charge in [0.15, 0.2) is 5.82 Å². The molecule has 2 aromatic rings. The lowest BCUT2D eigenvalue weighted by molar-refractivity contribution is 0.632. The molecule has 0 bridgehead atoms. The zero-order valence-electron chi connectivity index (χ0n) is 10.9. The van der Waals surface area contributed by atoms with Crippen molar-refractivity contribution in [3.63, 3.8) is 0 Å². The summed E-state index contributed by atoms with van der Waals surface area (Å²) < 4.78 is 1.30. The van der Waals surface area contributed by atoms with Gasteiger partial charge in [-0.15, -0.1) is 0 Å². The number of hydrogen-bond donors (Lipinski definition) is 1. The van der Waals surface area contributed by atoms with Gasteiger partial charge in [0.2, 0.25) is 0 Å². The molecule has 2 aromatic heterocycles. The summed E-state index contributed by atoms with van der Waals surface area (Å²) >= 11 is 20.8. The average molecular weight is 393 g/mol. The van der Waals surface area contributed by atoms with E-state index in [0.29, 0.717) is 32.1 Å². The van der Waals surface area contributed by atoms with E-state index in [-0.39, 0.29) is 0 Å². The van der Waals surface area contributed by atoms with Crippen molar-refractivity contribution in [3.8, 4) is 11.5 Å². The van der Waals surface area contributed by atoms with Gasteiger partial charge >= 0.3 is 0 Å². The Morgan fingerprint density at radius 3 is 2.70 bits per heavy atom. The maximum Gasteiger partial charge on any atom is 0.159 e. The molecule has 0 atom stereocenters. The molecule has 0 aliphatic rings. The van der Waals surface area contributed by atoms with Crippen LogP contribution in [0, 0.1) is 10.6 Å². The molecule has 2 heterocycles. The number of aromatic nitrogens is 3. The van der Waals surface area contributed by atoms with Crippen LogP contribution in [0.25, 0.3) is 11.5 Å². The van der Waals surface area contributed by atoms with E-state index in [9.17, 15) is 0 Å². The molecule has 0 saturated carbocycles. The Bertz CT molecular complexity index is 701. The van der Waals surface area contributed by atoms with E-state index in [0.717, 1.165) is 16.6 Å². The SMILES string of the molecule is CC(C)Cc1[nH]c(-c2ncc(Cl)cc2Cl)nc(=S)c1Br. The minimum atomic E-state index is 0.438. The summed E-state index contributed by atoms with van der Waals surface area (Å²) in [5.41, 5.74) is 1.53. The molecule has 0 fully saturated rings. The molecule has 0 amide bonds. The highest BCUT2D eigenvalue weighted by atomic mass is 79.9. The monoisotopic (exact) mass is 391 g/mol. The van der Waals surface area contributed by atoms with Crippen molar-refractivity contribution >= 4 is 51.3 Å². The normalized spacial score (nSPS) is 11.1. The number of H-pyrrole nitrogens is 1. The molecule has 2 rings (SSSR count). The summed E-state index contributed by atoms with van der Waals surface area (Å²) in [4.78, 5) is 11.8. The summed E-state index contributed by atoms with van der Waals surface area (Å²) in [6, 6.07) is 1.63. The fourth-order valence-electron chi connectivity index (χ4n) is 1.76. The quantitative estimate of drug-likeness (QED) is 0.704. The largest absolute Gasteiger partial charge is 0.341 e. The van der Waals surface area contributed by atoms with Crippen LogP contribution < -0.4 is 0 Å². The molecule has 0 aromatic carbocycles. The molecule has 0 saturated heterocycles. The van der Waals surface area contributed by atoms with E-state index < -0.39 is 0 Å². The first-order valence-corrected chi connectivity index (χ1v) is 7.94. The van der Waals surface area contributed by atoms with Crippen molar-refractivity contribution in [2.45, 2.75) is 20.3 Å². The number of halogens is 3. The van der Waals surface area contributed by atoms with Crippen LogP contribution in [0.3, 0.4) is 0 Å². The summed E-state index contributed by atoms with van der Waals surface area (Å²) in [6.07, 6.45) is 2.39. The van der Waals surface area contributed by atoms with Gasteiger partial charge in [-0.1, -0.05) is 49.3 Å². The molecular weight excluding hydrogens is 381 g/mol. The fraction of sp³-hybridized carbons (Fsp3) is 0.308. The average Bonchev–Trinajstić information content (AvgIpc) is 2.34. The van der Waals surface area contributed by atoms with Gasteiger partial charge in [-0.3, -0.25) is 0 Å². The molecule has 0 unspecified atom stereocenters. The van der Waals surface area contributed by atoms with Crippen LogP contribution in [-0.2, 0) is 6.42 Å². The van der Waals surface area contributed by atoms with Crippen molar-refractivity contribution in [1.82, 2.24) is 15.0 Å². The van der Waals surface area contributed by atoms with Gasteiger partial charge in [0, 0.05) is 11.9 Å². The molecule has 0 radical (unpaired) electrons. The molecule has 0 aliphatic carbocycles. The number of hydrogen-bond acceptors (Lipinski definition) is 3. The Hall–Kier alpha value is -0.490. The Balaban J connectivity index is 2.57. The maximum absolute atomic E-state index is 6.16. The Labute approximate surface area is 140 Å². The van der Waals surface area contributed by atoms with E-state index in [1.807, 2.05) is 0 Å². The Morgan fingerprint density at radius 2 is 2.10 bits per heavy atom. The molecule has 106 valence electrons. The van der Waals surface area contributed by atoms with Crippen LogP contribution in [0.4, 0.5) is 0 Å². The van der Waals surface area contributed by atoms with Gasteiger partial charge in [-0.25, -0.2) is 9.97 Å². The first-order valence-electron chi connectivity index (χ1n) is 5.98. The first-order chi connectivity index (χ1) is 9.38. The third kappa shape index (κ3) is 3.58. The lowest BCUT2D eigenvalue weighted by atomic mass is 10.1. The lowest BCUT2D eigenvalue weighted by Crippen LogP contribution is -2.03. The molecule has 0 spiro atoms. The van der Waals surface area contributed by atoms with Gasteiger partial charge < -0.3 is 4.98 Å². The highest BCUT2D eigenvalue weighted by Crippen LogP contribution is 2.28. The summed E-state index contributed by atoms with van der Waals surface area (Å²) in [5.74, 6) is 1.04. The molecule has 0 aliphatic heterocycles. The van der Waals surface area contributed by atoms with Crippen molar-refractivity contribution in [1.29, 1.82) is 0 Å². The van der Waals surface area contributed by atoms with E-state index in [1.165, 1.54) is 6.20 Å². The Kier molecular flexibility index (Phi) is 5.18. The standard InChI is InChI=1S/C13H12BrCl2N3S/c1-6(2)3-9-10(14)13(20)19-12(18-9)11-8(16)4-7(15)5-17-11/h4-6H,3H2,1-2H3,(H,18,19,20). The third-order valence-corrected chi connectivity index (χ3v) is 4.49. The molecule has 3 nitrogen and oxygen atoms in total. The van der Waals surface area contributed by atoms with E-state index in [1.54, 1.807) is 6.07 Å². The molecule has 7 heteroatoms. The van der Waals surface area contributed by atoms with Crippen LogP contribution in [0.2, 0.25) is 10.0 Å². The fourth-order valence-corrected chi connectivity index (χ4v) is 2.79. The number of nitrogens with one attached hydrogen (secondary N) is 1. The molecule has 1 N–H and O–H groups in total. The van der Waals surface area contributed by atoms with Crippen LogP contribution >= 0.6 is 51.3 Å². The zero-order valence-corrected chi connectivity index (χ0v) is 14.8. The number of pyridine rings is 1. The van der Waals surface area contributed by atoms with Gasteiger partial charge in [0.05, 0.1) is 14.5 Å². The van der Waals surface area contributed by atoms with Crippen molar-refractivity contribution in [3.05, 3.63) is 37.1 Å². The first kappa shape index (κ1) is 15.9.